The molecule has 0 aliphatic heterocycles. The van der Waals surface area contributed by atoms with E-state index < -0.39 is 0 Å². The molecule has 0 aromatic heterocycles. The van der Waals surface area contributed by atoms with E-state index in [-0.39, 0.29) is 0 Å². The summed E-state index contributed by atoms with van der Waals surface area (Å²) in [5.41, 5.74) is 0. The fraction of sp³-hybridized carbons (Fsp3) is 0.750. The van der Waals surface area contributed by atoms with Crippen LogP contribution in [0.15, 0.2) is 12.2 Å². The Morgan fingerprint density at radius 2 is 2.30 bits per heavy atom. The molecule has 0 rings (SSSR count). The van der Waals surface area contributed by atoms with Gasteiger partial charge in [-0.2, -0.15) is 0 Å². The number of hydrogen-bond acceptors (Lipinski definition) is 1. The quantitative estimate of drug-likeness (QED) is 0.497. The van der Waals surface area contributed by atoms with Crippen LogP contribution in [-0.2, 0) is 4.74 Å². The lowest BCUT2D eigenvalue weighted by atomic mass is 10.2. The molecular weight excluding hydrogens is 192 g/mol. The van der Waals surface area contributed by atoms with Crippen LogP contribution in [0.25, 0.3) is 0 Å². The first kappa shape index (κ1) is 10.2. The largest absolute Gasteiger partial charge is 0.384 e. The van der Waals surface area contributed by atoms with Crippen LogP contribution in [0.2, 0.25) is 0 Å². The second kappa shape index (κ2) is 7.29. The van der Waals surface area contributed by atoms with Crippen LogP contribution in [0.4, 0.5) is 0 Å². The predicted octanol–water partition coefficient (Wildman–Crippen LogP) is 2.61. The molecule has 0 aliphatic rings. The van der Waals surface area contributed by atoms with Crippen LogP contribution in [0.1, 0.15) is 13.3 Å². The first-order chi connectivity index (χ1) is 4.81. The van der Waals surface area contributed by atoms with Crippen LogP contribution in [0.3, 0.4) is 0 Å². The van der Waals surface area contributed by atoms with Gasteiger partial charge in [-0.1, -0.05) is 35.0 Å². The van der Waals surface area contributed by atoms with Gasteiger partial charge in [0, 0.05) is 12.4 Å². The Bertz CT molecular complexity index is 91.3. The molecule has 0 saturated carbocycles. The first-order valence-electron chi connectivity index (χ1n) is 3.52. The molecule has 0 aromatic rings. The molecule has 0 N–H and O–H groups in total. The van der Waals surface area contributed by atoms with Gasteiger partial charge in [0.15, 0.2) is 0 Å². The molecule has 0 saturated heterocycles. The molecule has 0 bridgehead atoms. The zero-order chi connectivity index (χ0) is 7.82. The van der Waals surface area contributed by atoms with Crippen molar-refractivity contribution in [3.05, 3.63) is 12.2 Å². The molecular formula is C8H15BrO. The molecule has 0 fully saturated rings. The van der Waals surface area contributed by atoms with Crippen molar-refractivity contribution in [3.8, 4) is 0 Å². The lowest BCUT2D eigenvalue weighted by molar-refractivity contribution is 0.176. The Hall–Kier alpha value is 0.180. The predicted molar refractivity (Wildman–Crippen MR) is 48.6 cm³/mol. The molecule has 0 radical (unpaired) electrons. The Labute approximate surface area is 71.6 Å². The van der Waals surface area contributed by atoms with E-state index in [2.05, 4.69) is 35.0 Å². The van der Waals surface area contributed by atoms with Crippen LogP contribution in [-0.4, -0.2) is 19.0 Å². The van der Waals surface area contributed by atoms with Gasteiger partial charge in [0.1, 0.15) is 0 Å². The number of alkyl halides is 1. The van der Waals surface area contributed by atoms with E-state index in [1.165, 1.54) is 0 Å². The van der Waals surface area contributed by atoms with Gasteiger partial charge in [-0.25, -0.2) is 0 Å². The Kier molecular flexibility index (Phi) is 7.42. The number of allylic oxidation sites excluding steroid dienone is 1. The average Bonchev–Trinajstić information content (AvgIpc) is 1.89. The van der Waals surface area contributed by atoms with Crippen LogP contribution >= 0.6 is 15.9 Å². The third-order valence-electron chi connectivity index (χ3n) is 1.17. The Morgan fingerprint density at radius 3 is 2.80 bits per heavy atom. The van der Waals surface area contributed by atoms with Crippen molar-refractivity contribution in [3.63, 3.8) is 0 Å². The lowest BCUT2D eigenvalue weighted by Gasteiger charge is -2.01. The zero-order valence-electron chi connectivity index (χ0n) is 6.64. The van der Waals surface area contributed by atoms with Gasteiger partial charge in [0.2, 0.25) is 0 Å². The summed E-state index contributed by atoms with van der Waals surface area (Å²) >= 11 is 3.36. The molecule has 0 spiro atoms. The SMILES string of the molecule is COCC(C)/C=C/CCBr. The van der Waals surface area contributed by atoms with Gasteiger partial charge in [-0.3, -0.25) is 0 Å². The van der Waals surface area contributed by atoms with Gasteiger partial charge in [-0.15, -0.1) is 0 Å². The lowest BCUT2D eigenvalue weighted by Crippen LogP contribution is -1.98. The third-order valence-corrected chi connectivity index (χ3v) is 1.63. The second-order valence-corrected chi connectivity index (χ2v) is 3.13. The number of rotatable bonds is 5. The highest BCUT2D eigenvalue weighted by Crippen LogP contribution is 1.99. The molecule has 10 heavy (non-hydrogen) atoms. The number of ether oxygens (including phenoxy) is 1. The molecule has 0 amide bonds. The maximum absolute atomic E-state index is 4.97. The van der Waals surface area contributed by atoms with Crippen LogP contribution < -0.4 is 0 Å². The summed E-state index contributed by atoms with van der Waals surface area (Å²) in [4.78, 5) is 0. The van der Waals surface area contributed by atoms with E-state index in [0.717, 1.165) is 18.4 Å². The van der Waals surface area contributed by atoms with Crippen molar-refractivity contribution in [2.45, 2.75) is 13.3 Å². The van der Waals surface area contributed by atoms with E-state index in [4.69, 9.17) is 4.74 Å². The number of methoxy groups -OCH3 is 1. The minimum Gasteiger partial charge on any atom is -0.384 e. The maximum Gasteiger partial charge on any atom is 0.0522 e. The van der Waals surface area contributed by atoms with Gasteiger partial charge >= 0.3 is 0 Å². The maximum atomic E-state index is 4.97. The monoisotopic (exact) mass is 206 g/mol. The van der Waals surface area contributed by atoms with Crippen molar-refractivity contribution in [1.29, 1.82) is 0 Å². The summed E-state index contributed by atoms with van der Waals surface area (Å²) in [6, 6.07) is 0. The van der Waals surface area contributed by atoms with Gasteiger partial charge in [-0.05, 0) is 12.3 Å². The van der Waals surface area contributed by atoms with Crippen LogP contribution in [0.5, 0.6) is 0 Å². The molecule has 2 heteroatoms. The highest BCUT2D eigenvalue weighted by Gasteiger charge is 1.92. The molecule has 1 nitrogen and oxygen atoms in total. The standard InChI is InChI=1S/C8H15BrO/c1-8(7-10-2)5-3-4-6-9/h3,5,8H,4,6-7H2,1-2H3/b5-3+. The van der Waals surface area contributed by atoms with Gasteiger partial charge in [0.25, 0.3) is 0 Å². The highest BCUT2D eigenvalue weighted by molar-refractivity contribution is 9.09. The van der Waals surface area contributed by atoms with Gasteiger partial charge in [0.05, 0.1) is 6.61 Å². The Morgan fingerprint density at radius 1 is 1.60 bits per heavy atom. The van der Waals surface area contributed by atoms with Crippen molar-refractivity contribution < 1.29 is 4.74 Å². The van der Waals surface area contributed by atoms with Crippen molar-refractivity contribution in [2.75, 3.05) is 19.0 Å². The molecule has 0 heterocycles. The fourth-order valence-corrected chi connectivity index (χ4v) is 0.974. The Balaban J connectivity index is 3.26. The molecule has 1 unspecified atom stereocenters. The molecule has 0 aliphatic carbocycles. The summed E-state index contributed by atoms with van der Waals surface area (Å²) in [5, 5.41) is 1.04. The van der Waals surface area contributed by atoms with E-state index in [1.54, 1.807) is 7.11 Å². The summed E-state index contributed by atoms with van der Waals surface area (Å²) in [7, 11) is 1.73. The van der Waals surface area contributed by atoms with E-state index in [0.29, 0.717) is 5.92 Å². The van der Waals surface area contributed by atoms with Crippen molar-refractivity contribution >= 4 is 15.9 Å². The third kappa shape index (κ3) is 6.30. The van der Waals surface area contributed by atoms with E-state index >= 15 is 0 Å². The molecule has 60 valence electrons. The number of halogens is 1. The summed E-state index contributed by atoms with van der Waals surface area (Å²) in [6.07, 6.45) is 5.47. The molecule has 1 atom stereocenters. The first-order valence-corrected chi connectivity index (χ1v) is 4.65. The van der Waals surface area contributed by atoms with E-state index in [9.17, 15) is 0 Å². The summed E-state index contributed by atoms with van der Waals surface area (Å²) in [6.45, 7) is 2.97. The van der Waals surface area contributed by atoms with Crippen molar-refractivity contribution in [2.24, 2.45) is 5.92 Å². The van der Waals surface area contributed by atoms with Crippen LogP contribution in [0, 0.1) is 5.92 Å². The number of hydrogen-bond donors (Lipinski definition) is 0. The fourth-order valence-electron chi connectivity index (χ4n) is 0.710. The van der Waals surface area contributed by atoms with E-state index in [1.807, 2.05) is 0 Å². The summed E-state index contributed by atoms with van der Waals surface area (Å²) < 4.78 is 4.97. The van der Waals surface area contributed by atoms with Crippen molar-refractivity contribution in [1.82, 2.24) is 0 Å². The highest BCUT2D eigenvalue weighted by atomic mass is 79.9. The zero-order valence-corrected chi connectivity index (χ0v) is 8.23. The summed E-state index contributed by atoms with van der Waals surface area (Å²) in [5.74, 6) is 0.545. The topological polar surface area (TPSA) is 9.23 Å². The average molecular weight is 207 g/mol. The van der Waals surface area contributed by atoms with Gasteiger partial charge < -0.3 is 4.74 Å². The smallest absolute Gasteiger partial charge is 0.0522 e. The minimum absolute atomic E-state index is 0.545. The minimum atomic E-state index is 0.545. The normalized spacial score (nSPS) is 14.3. The molecule has 0 aromatic carbocycles. The second-order valence-electron chi connectivity index (χ2n) is 2.34.